The standard InChI is InChI=1S/C13H15F3N2O2/c14-13(15,16)19-8-1-7(2-8)9-3-10(20-18-9)11-4-12(17,5-11)6-11/h3,7-8H,1-2,4-6,17H2. The van der Waals surface area contributed by atoms with Gasteiger partial charge < -0.3 is 10.3 Å². The van der Waals surface area contributed by atoms with Gasteiger partial charge in [-0.15, -0.1) is 13.2 Å². The van der Waals surface area contributed by atoms with Gasteiger partial charge >= 0.3 is 6.36 Å². The van der Waals surface area contributed by atoms with Gasteiger partial charge in [-0.3, -0.25) is 4.74 Å². The Morgan fingerprint density at radius 3 is 2.50 bits per heavy atom. The summed E-state index contributed by atoms with van der Waals surface area (Å²) in [6, 6.07) is 1.90. The van der Waals surface area contributed by atoms with Crippen LogP contribution in [0.3, 0.4) is 0 Å². The average molecular weight is 288 g/mol. The fraction of sp³-hybridized carbons (Fsp3) is 0.769. The number of nitrogens with zero attached hydrogens (tertiary/aromatic N) is 1. The van der Waals surface area contributed by atoms with Gasteiger partial charge in [0.05, 0.1) is 11.8 Å². The highest BCUT2D eigenvalue weighted by molar-refractivity contribution is 5.37. The van der Waals surface area contributed by atoms with Crippen LogP contribution >= 0.6 is 0 Å². The van der Waals surface area contributed by atoms with Crippen LogP contribution in [-0.4, -0.2) is 23.2 Å². The monoisotopic (exact) mass is 288 g/mol. The molecule has 0 radical (unpaired) electrons. The Bertz CT molecular complexity index is 528. The molecule has 4 fully saturated rings. The summed E-state index contributed by atoms with van der Waals surface area (Å²) in [4.78, 5) is 0. The van der Waals surface area contributed by atoms with Crippen LogP contribution < -0.4 is 5.73 Å². The van der Waals surface area contributed by atoms with Crippen LogP contribution in [0.2, 0.25) is 0 Å². The smallest absolute Gasteiger partial charge is 0.361 e. The van der Waals surface area contributed by atoms with E-state index in [1.54, 1.807) is 0 Å². The molecule has 4 saturated carbocycles. The molecule has 2 bridgehead atoms. The van der Waals surface area contributed by atoms with Crippen molar-refractivity contribution >= 4 is 0 Å². The second kappa shape index (κ2) is 3.57. The van der Waals surface area contributed by atoms with Crippen LogP contribution in [0.5, 0.6) is 0 Å². The van der Waals surface area contributed by atoms with Crippen LogP contribution in [0.1, 0.15) is 49.5 Å². The molecule has 1 aromatic rings. The summed E-state index contributed by atoms with van der Waals surface area (Å²) >= 11 is 0. The van der Waals surface area contributed by atoms with E-state index in [1.807, 2.05) is 6.07 Å². The predicted molar refractivity (Wildman–Crippen MR) is 61.9 cm³/mol. The maximum absolute atomic E-state index is 12.0. The van der Waals surface area contributed by atoms with Gasteiger partial charge in [-0.25, -0.2) is 0 Å². The van der Waals surface area contributed by atoms with Crippen LogP contribution in [0.4, 0.5) is 13.2 Å². The second-order valence-electron chi connectivity index (χ2n) is 6.64. The number of alkyl halides is 3. The minimum absolute atomic E-state index is 0.00489. The number of rotatable bonds is 3. The normalized spacial score (nSPS) is 42.6. The van der Waals surface area contributed by atoms with Crippen molar-refractivity contribution < 1.29 is 22.4 Å². The predicted octanol–water partition coefficient (Wildman–Crippen LogP) is 2.59. The van der Waals surface area contributed by atoms with E-state index in [0.717, 1.165) is 30.7 Å². The third-order valence-electron chi connectivity index (χ3n) is 4.94. The molecule has 1 aromatic heterocycles. The lowest BCUT2D eigenvalue weighted by atomic mass is 9.39. The number of nitrogens with two attached hydrogens (primary N) is 1. The Labute approximate surface area is 113 Å². The molecule has 0 saturated heterocycles. The van der Waals surface area contributed by atoms with Gasteiger partial charge in [-0.2, -0.15) is 0 Å². The summed E-state index contributed by atoms with van der Waals surface area (Å²) in [6.45, 7) is 0. The van der Waals surface area contributed by atoms with Crippen molar-refractivity contribution in [2.75, 3.05) is 0 Å². The van der Waals surface area contributed by atoms with Crippen molar-refractivity contribution in [2.24, 2.45) is 5.73 Å². The zero-order chi connectivity index (χ0) is 14.2. The third kappa shape index (κ3) is 1.79. The number of ether oxygens (including phenoxy) is 1. The first-order valence-corrected chi connectivity index (χ1v) is 6.78. The highest BCUT2D eigenvalue weighted by Gasteiger charge is 2.68. The molecule has 20 heavy (non-hydrogen) atoms. The summed E-state index contributed by atoms with van der Waals surface area (Å²) in [5.41, 5.74) is 6.81. The largest absolute Gasteiger partial charge is 0.522 e. The zero-order valence-electron chi connectivity index (χ0n) is 10.7. The summed E-state index contributed by atoms with van der Waals surface area (Å²) in [7, 11) is 0. The van der Waals surface area contributed by atoms with Gasteiger partial charge in [0, 0.05) is 22.9 Å². The molecule has 0 aliphatic heterocycles. The molecule has 4 aliphatic carbocycles. The van der Waals surface area contributed by atoms with Gasteiger partial charge in [-0.1, -0.05) is 5.16 Å². The Hall–Kier alpha value is -1.08. The Morgan fingerprint density at radius 2 is 1.95 bits per heavy atom. The molecule has 0 atom stereocenters. The molecule has 0 unspecified atom stereocenters. The number of hydrogen-bond acceptors (Lipinski definition) is 4. The fourth-order valence-corrected chi connectivity index (χ4v) is 3.95. The van der Waals surface area contributed by atoms with Gasteiger partial charge in [0.25, 0.3) is 0 Å². The van der Waals surface area contributed by atoms with Gasteiger partial charge in [0.2, 0.25) is 0 Å². The fourth-order valence-electron chi connectivity index (χ4n) is 3.95. The van der Waals surface area contributed by atoms with Crippen LogP contribution in [0.25, 0.3) is 0 Å². The van der Waals surface area contributed by atoms with Crippen molar-refractivity contribution in [3.63, 3.8) is 0 Å². The van der Waals surface area contributed by atoms with Crippen molar-refractivity contribution in [3.8, 4) is 0 Å². The molecule has 4 aliphatic rings. The topological polar surface area (TPSA) is 61.3 Å². The van der Waals surface area contributed by atoms with Gasteiger partial charge in [0.1, 0.15) is 5.76 Å². The number of hydrogen-bond donors (Lipinski definition) is 1. The molecule has 2 N–H and O–H groups in total. The molecule has 1 heterocycles. The highest BCUT2D eigenvalue weighted by atomic mass is 19.4. The van der Waals surface area contributed by atoms with E-state index in [2.05, 4.69) is 9.89 Å². The lowest BCUT2D eigenvalue weighted by molar-refractivity contribution is -0.351. The van der Waals surface area contributed by atoms with Gasteiger partial charge in [-0.05, 0) is 32.1 Å². The summed E-state index contributed by atoms with van der Waals surface area (Å²) in [5, 5.41) is 4.01. The lowest BCUT2D eigenvalue weighted by Gasteiger charge is -2.67. The lowest BCUT2D eigenvalue weighted by Crippen LogP contribution is -2.74. The Kier molecular flexibility index (Phi) is 2.26. The van der Waals surface area contributed by atoms with Crippen molar-refractivity contribution in [2.45, 2.75) is 61.4 Å². The summed E-state index contributed by atoms with van der Waals surface area (Å²) < 4.78 is 45.5. The second-order valence-corrected chi connectivity index (χ2v) is 6.64. The van der Waals surface area contributed by atoms with E-state index in [4.69, 9.17) is 10.3 Å². The van der Waals surface area contributed by atoms with Crippen LogP contribution in [0.15, 0.2) is 10.6 Å². The van der Waals surface area contributed by atoms with E-state index >= 15 is 0 Å². The molecule has 0 aromatic carbocycles. The van der Waals surface area contributed by atoms with E-state index in [9.17, 15) is 13.2 Å². The van der Waals surface area contributed by atoms with Gasteiger partial charge in [0.15, 0.2) is 0 Å². The Morgan fingerprint density at radius 1 is 1.30 bits per heavy atom. The first-order valence-electron chi connectivity index (χ1n) is 6.78. The summed E-state index contributed by atoms with van der Waals surface area (Å²) in [5.74, 6) is 0.860. The Balaban J connectivity index is 1.37. The van der Waals surface area contributed by atoms with Crippen molar-refractivity contribution in [3.05, 3.63) is 17.5 Å². The van der Waals surface area contributed by atoms with E-state index in [-0.39, 0.29) is 16.9 Å². The maximum Gasteiger partial charge on any atom is 0.522 e. The van der Waals surface area contributed by atoms with Crippen LogP contribution in [0, 0.1) is 0 Å². The molecule has 5 rings (SSSR count). The average Bonchev–Trinajstić information content (AvgIpc) is 2.64. The maximum atomic E-state index is 12.0. The van der Waals surface area contributed by atoms with E-state index < -0.39 is 12.5 Å². The molecular formula is C13H15F3N2O2. The van der Waals surface area contributed by atoms with E-state index in [1.165, 1.54) is 0 Å². The molecule has 4 nitrogen and oxygen atoms in total. The zero-order valence-corrected chi connectivity index (χ0v) is 10.7. The van der Waals surface area contributed by atoms with Crippen molar-refractivity contribution in [1.29, 1.82) is 0 Å². The van der Waals surface area contributed by atoms with Crippen molar-refractivity contribution in [1.82, 2.24) is 5.16 Å². The first kappa shape index (κ1) is 12.6. The highest BCUT2D eigenvalue weighted by Crippen LogP contribution is 2.66. The molecule has 110 valence electrons. The minimum Gasteiger partial charge on any atom is -0.361 e. The number of halogens is 3. The van der Waals surface area contributed by atoms with Crippen LogP contribution in [-0.2, 0) is 10.2 Å². The first-order chi connectivity index (χ1) is 9.27. The molecule has 0 amide bonds. The minimum atomic E-state index is -4.55. The number of aromatic nitrogens is 1. The molecule has 7 heteroatoms. The third-order valence-corrected chi connectivity index (χ3v) is 4.94. The molecule has 0 spiro atoms. The SMILES string of the molecule is NC12CC(c3cc(C4CC(OC(F)(F)F)C4)no3)(C1)C2. The van der Waals surface area contributed by atoms with E-state index in [0.29, 0.717) is 12.8 Å². The molecular weight excluding hydrogens is 273 g/mol. The quantitative estimate of drug-likeness (QED) is 0.928. The summed E-state index contributed by atoms with van der Waals surface area (Å²) in [6.07, 6.45) is -1.82.